The van der Waals surface area contributed by atoms with Crippen LogP contribution in [0.25, 0.3) is 0 Å². The van der Waals surface area contributed by atoms with Gasteiger partial charge in [-0.2, -0.15) is 23.9 Å². The number of nitrogens with one attached hydrogen (secondary N) is 3. The molecule has 0 aliphatic carbocycles. The predicted octanol–water partition coefficient (Wildman–Crippen LogP) is 4.22. The smallest absolute Gasteiger partial charge is 0.341 e. The maximum Gasteiger partial charge on any atom is 0.417 e. The lowest BCUT2D eigenvalue weighted by molar-refractivity contribution is -0.990. The third kappa shape index (κ3) is 5.84. The van der Waals surface area contributed by atoms with Crippen molar-refractivity contribution in [3.8, 4) is 6.07 Å². The second-order valence-electron chi connectivity index (χ2n) is 9.36. The van der Waals surface area contributed by atoms with E-state index in [0.717, 1.165) is 17.3 Å². The lowest BCUT2D eigenvalue weighted by Crippen LogP contribution is -2.68. The number of aromatic nitrogens is 2. The Morgan fingerprint density at radius 1 is 1.16 bits per heavy atom. The highest BCUT2D eigenvalue weighted by Gasteiger charge is 2.44. The van der Waals surface area contributed by atoms with E-state index >= 15 is 0 Å². The van der Waals surface area contributed by atoms with Crippen LogP contribution in [0.5, 0.6) is 0 Å². The molecule has 0 bridgehead atoms. The minimum absolute atomic E-state index is 0.0558. The topological polar surface area (TPSA) is 93.6 Å². The molecule has 4 rings (SSSR count). The Morgan fingerprint density at radius 2 is 1.84 bits per heavy atom. The minimum Gasteiger partial charge on any atom is -0.341 e. The summed E-state index contributed by atoms with van der Waals surface area (Å²) in [5.74, 6) is -0.0631. The number of aromatic amines is 1. The van der Waals surface area contributed by atoms with Crippen molar-refractivity contribution in [2.45, 2.75) is 38.9 Å². The van der Waals surface area contributed by atoms with E-state index in [2.05, 4.69) is 26.8 Å². The number of benzene rings is 2. The largest absolute Gasteiger partial charge is 0.417 e. The number of rotatable bonds is 7. The van der Waals surface area contributed by atoms with Crippen LogP contribution >= 0.6 is 0 Å². The molecule has 2 heterocycles. The monoisotopic (exact) mass is 511 g/mol. The van der Waals surface area contributed by atoms with Crippen LogP contribution in [0.15, 0.2) is 48.7 Å². The Morgan fingerprint density at radius 3 is 2.41 bits per heavy atom. The molecule has 0 radical (unpaired) electrons. The van der Waals surface area contributed by atoms with Crippen molar-refractivity contribution >= 4 is 5.91 Å². The lowest BCUT2D eigenvalue weighted by atomic mass is 9.99. The highest BCUT2D eigenvalue weighted by molar-refractivity contribution is 5.95. The van der Waals surface area contributed by atoms with E-state index in [9.17, 15) is 18.0 Å². The van der Waals surface area contributed by atoms with Gasteiger partial charge in [0, 0.05) is 19.5 Å². The number of nitrogens with zero attached hydrogens (tertiary/aromatic N) is 3. The van der Waals surface area contributed by atoms with E-state index in [4.69, 9.17) is 5.26 Å². The number of amides is 1. The lowest BCUT2D eigenvalue weighted by Gasteiger charge is -2.45. The summed E-state index contributed by atoms with van der Waals surface area (Å²) in [5, 5.41) is 12.4. The summed E-state index contributed by atoms with van der Waals surface area (Å²) in [7, 11) is 0. The second kappa shape index (κ2) is 10.7. The van der Waals surface area contributed by atoms with Crippen molar-refractivity contribution < 1.29 is 22.6 Å². The van der Waals surface area contributed by atoms with Crippen molar-refractivity contribution in [2.75, 3.05) is 26.2 Å². The van der Waals surface area contributed by atoms with Crippen LogP contribution in [0.2, 0.25) is 0 Å². The average Bonchev–Trinajstić information content (AvgIpc) is 3.32. The molecule has 1 unspecified atom stereocenters. The summed E-state index contributed by atoms with van der Waals surface area (Å²) < 4.78 is 41.9. The van der Waals surface area contributed by atoms with Gasteiger partial charge in [0.05, 0.1) is 34.7 Å². The van der Waals surface area contributed by atoms with E-state index < -0.39 is 23.2 Å². The van der Waals surface area contributed by atoms with Gasteiger partial charge in [-0.15, -0.1) is 0 Å². The Bertz CT molecular complexity index is 1290. The molecule has 0 saturated carbocycles. The number of hydrogen-bond acceptors (Lipinski definition) is 4. The fourth-order valence-electron chi connectivity index (χ4n) is 4.90. The molecule has 1 saturated heterocycles. The van der Waals surface area contributed by atoms with Gasteiger partial charge < -0.3 is 10.3 Å². The number of halogens is 3. The molecule has 10 heteroatoms. The van der Waals surface area contributed by atoms with Crippen LogP contribution in [-0.2, 0) is 19.0 Å². The van der Waals surface area contributed by atoms with Crippen molar-refractivity contribution in [3.05, 3.63) is 88.0 Å². The van der Waals surface area contributed by atoms with Gasteiger partial charge in [-0.25, -0.2) is 9.58 Å². The standard InChI is InChI=1S/C27H29F3N6O/c1-3-19-8-9-22(23(14-19)27(28,29)30)26(37)35-36(12-10-32-11-13-36)25(24-17-33-18(2)34-24)15-20-4-6-21(16-31)7-5-20/h4-9,14,17,25,32H,3,10-13,15H2,1-2H3,(H-,33,34,35,37)/p+1. The normalized spacial score (nSPS) is 16.1. The number of quaternary nitrogens is 1. The van der Waals surface area contributed by atoms with Crippen molar-refractivity contribution in [2.24, 2.45) is 0 Å². The highest BCUT2D eigenvalue weighted by atomic mass is 19.4. The molecule has 1 amide bonds. The summed E-state index contributed by atoms with van der Waals surface area (Å²) in [5.41, 5.74) is 4.45. The van der Waals surface area contributed by atoms with Gasteiger partial charge in [-0.05, 0) is 48.7 Å². The van der Waals surface area contributed by atoms with E-state index in [1.165, 1.54) is 6.07 Å². The number of carbonyl (C=O) groups is 1. The van der Waals surface area contributed by atoms with Crippen molar-refractivity contribution in [1.82, 2.24) is 20.7 Å². The van der Waals surface area contributed by atoms with Crippen LogP contribution in [0.3, 0.4) is 0 Å². The molecule has 3 N–H and O–H groups in total. The number of piperazine rings is 1. The molecule has 3 aromatic rings. The number of aryl methyl sites for hydroxylation is 2. The van der Waals surface area contributed by atoms with Crippen LogP contribution in [0.4, 0.5) is 13.2 Å². The molecule has 2 aromatic carbocycles. The third-order valence-electron chi connectivity index (χ3n) is 6.93. The molecule has 194 valence electrons. The van der Waals surface area contributed by atoms with Crippen LogP contribution in [0, 0.1) is 18.3 Å². The van der Waals surface area contributed by atoms with Gasteiger partial charge in [-0.1, -0.05) is 25.1 Å². The fourth-order valence-corrected chi connectivity index (χ4v) is 4.90. The Kier molecular flexibility index (Phi) is 7.66. The summed E-state index contributed by atoms with van der Waals surface area (Å²) in [6.45, 7) is 5.71. The van der Waals surface area contributed by atoms with E-state index in [-0.39, 0.29) is 10.6 Å². The predicted molar refractivity (Wildman–Crippen MR) is 132 cm³/mol. The zero-order valence-corrected chi connectivity index (χ0v) is 20.8. The Balaban J connectivity index is 1.75. The quantitative estimate of drug-likeness (QED) is 0.414. The molecular weight excluding hydrogens is 481 g/mol. The Hall–Kier alpha value is -3.68. The summed E-state index contributed by atoms with van der Waals surface area (Å²) in [6, 6.07) is 12.8. The Labute approximate surface area is 213 Å². The molecule has 37 heavy (non-hydrogen) atoms. The van der Waals surface area contributed by atoms with Crippen LogP contribution in [0.1, 0.15) is 57.1 Å². The molecule has 1 aliphatic heterocycles. The molecule has 7 nitrogen and oxygen atoms in total. The number of imidazole rings is 1. The number of alkyl halides is 3. The molecule has 1 aromatic heterocycles. The van der Waals surface area contributed by atoms with Gasteiger partial charge in [0.15, 0.2) is 6.04 Å². The number of hydrogen-bond donors (Lipinski definition) is 3. The minimum atomic E-state index is -4.66. The maximum atomic E-state index is 13.9. The van der Waals surface area contributed by atoms with Crippen LogP contribution in [-0.4, -0.2) is 46.6 Å². The summed E-state index contributed by atoms with van der Waals surface area (Å²) >= 11 is 0. The first kappa shape index (κ1) is 26.4. The summed E-state index contributed by atoms with van der Waals surface area (Å²) in [6.07, 6.45) is -2.03. The molecule has 1 atom stereocenters. The molecule has 1 aliphatic rings. The van der Waals surface area contributed by atoms with Gasteiger partial charge in [0.1, 0.15) is 18.9 Å². The SMILES string of the molecule is CCc1ccc(C(=O)N[N+]2(C(Cc3ccc(C#N)cc3)c3cnc(C)[nH]3)CCNCC2)c(C(F)(F)F)c1. The fraction of sp³-hybridized carbons (Fsp3) is 0.370. The van der Waals surface area contributed by atoms with Gasteiger partial charge in [0.2, 0.25) is 0 Å². The van der Waals surface area contributed by atoms with Crippen molar-refractivity contribution in [3.63, 3.8) is 0 Å². The zero-order chi connectivity index (χ0) is 26.6. The average molecular weight is 512 g/mol. The van der Waals surface area contributed by atoms with E-state index in [0.29, 0.717) is 56.0 Å². The maximum absolute atomic E-state index is 13.9. The number of carbonyl (C=O) groups excluding carboxylic acids is 1. The summed E-state index contributed by atoms with van der Waals surface area (Å²) in [4.78, 5) is 21.2. The van der Waals surface area contributed by atoms with E-state index in [1.807, 2.05) is 19.1 Å². The highest BCUT2D eigenvalue weighted by Crippen LogP contribution is 2.35. The molecular formula is C27H30F3N6O+. The first-order valence-electron chi connectivity index (χ1n) is 12.3. The second-order valence-corrected chi connectivity index (χ2v) is 9.36. The van der Waals surface area contributed by atoms with Gasteiger partial charge >= 0.3 is 6.18 Å². The molecule has 1 fully saturated rings. The number of H-pyrrole nitrogens is 1. The first-order valence-corrected chi connectivity index (χ1v) is 12.3. The molecule has 0 spiro atoms. The third-order valence-corrected chi connectivity index (χ3v) is 6.93. The first-order chi connectivity index (χ1) is 17.6. The van der Waals surface area contributed by atoms with Gasteiger partial charge in [-0.3, -0.25) is 4.79 Å². The zero-order valence-electron chi connectivity index (χ0n) is 20.8. The van der Waals surface area contributed by atoms with Gasteiger partial charge in [0.25, 0.3) is 5.91 Å². The van der Waals surface area contributed by atoms with Crippen LogP contribution < -0.4 is 10.7 Å². The van der Waals surface area contributed by atoms with E-state index in [1.54, 1.807) is 31.3 Å². The van der Waals surface area contributed by atoms with Crippen molar-refractivity contribution in [1.29, 1.82) is 5.26 Å². The number of nitriles is 1.